The predicted octanol–water partition coefficient (Wildman–Crippen LogP) is 2.93. The molecule has 2 heteroatoms. The summed E-state index contributed by atoms with van der Waals surface area (Å²) in [4.78, 5) is 13.7. The van der Waals surface area contributed by atoms with Crippen LogP contribution in [0.25, 0.3) is 0 Å². The average molecular weight is 215 g/mol. The van der Waals surface area contributed by atoms with Gasteiger partial charge in [-0.3, -0.25) is 4.79 Å². The smallest absolute Gasteiger partial charge is 0.223 e. The van der Waals surface area contributed by atoms with Gasteiger partial charge >= 0.3 is 0 Å². The number of hydrogen-bond donors (Lipinski definition) is 0. The van der Waals surface area contributed by atoms with Gasteiger partial charge < -0.3 is 4.90 Å². The van der Waals surface area contributed by atoms with E-state index in [9.17, 15) is 4.79 Å². The van der Waals surface area contributed by atoms with Crippen LogP contribution in [0.2, 0.25) is 0 Å². The van der Waals surface area contributed by atoms with Gasteiger partial charge in [0.05, 0.1) is 6.04 Å². The van der Waals surface area contributed by atoms with Crippen LogP contribution in [0.1, 0.15) is 30.9 Å². The molecule has 2 nitrogen and oxygen atoms in total. The molecule has 0 aromatic heterocycles. The topological polar surface area (TPSA) is 20.3 Å². The number of carbonyl (C=O) groups is 1. The van der Waals surface area contributed by atoms with Crippen molar-refractivity contribution in [1.82, 2.24) is 4.90 Å². The van der Waals surface area contributed by atoms with E-state index in [0.717, 1.165) is 12.8 Å². The molecule has 0 aliphatic carbocycles. The molecule has 0 spiro atoms. The van der Waals surface area contributed by atoms with Crippen LogP contribution >= 0.6 is 0 Å². The van der Waals surface area contributed by atoms with Gasteiger partial charge in [-0.25, -0.2) is 0 Å². The van der Waals surface area contributed by atoms with Gasteiger partial charge in [-0.1, -0.05) is 42.5 Å². The largest absolute Gasteiger partial charge is 0.335 e. The maximum Gasteiger partial charge on any atom is 0.223 e. The molecule has 0 bridgehead atoms. The van der Waals surface area contributed by atoms with Crippen LogP contribution in [-0.2, 0) is 4.79 Å². The van der Waals surface area contributed by atoms with Gasteiger partial charge in [-0.2, -0.15) is 0 Å². The molecule has 0 fully saturated rings. The number of amides is 1. The van der Waals surface area contributed by atoms with Crippen molar-refractivity contribution >= 4 is 5.91 Å². The summed E-state index contributed by atoms with van der Waals surface area (Å²) in [5, 5.41) is 0. The molecule has 0 radical (unpaired) electrons. The van der Waals surface area contributed by atoms with E-state index < -0.39 is 0 Å². The number of hydrogen-bond acceptors (Lipinski definition) is 1. The van der Waals surface area contributed by atoms with E-state index in [1.807, 2.05) is 30.1 Å². The Bertz CT molecular complexity index is 383. The lowest BCUT2D eigenvalue weighted by atomic mass is 10.0. The number of allylic oxidation sites excluding steroid dienone is 1. The van der Waals surface area contributed by atoms with Crippen molar-refractivity contribution < 1.29 is 4.79 Å². The molecular weight excluding hydrogens is 198 g/mol. The fraction of sp³-hybridized carbons (Fsp3) is 0.357. The second-order valence-corrected chi connectivity index (χ2v) is 4.18. The monoisotopic (exact) mass is 215 g/mol. The third kappa shape index (κ3) is 2.32. The fourth-order valence-corrected chi connectivity index (χ4v) is 2.04. The van der Waals surface area contributed by atoms with E-state index in [4.69, 9.17) is 0 Å². The Hall–Kier alpha value is -1.57. The van der Waals surface area contributed by atoms with E-state index in [1.54, 1.807) is 0 Å². The molecule has 0 saturated heterocycles. The van der Waals surface area contributed by atoms with Crippen molar-refractivity contribution in [3.8, 4) is 0 Å². The summed E-state index contributed by atoms with van der Waals surface area (Å²) >= 11 is 0. The van der Waals surface area contributed by atoms with Gasteiger partial charge in [0.2, 0.25) is 5.91 Å². The first-order chi connectivity index (χ1) is 7.79. The Morgan fingerprint density at radius 2 is 2.00 bits per heavy atom. The molecule has 0 unspecified atom stereocenters. The lowest BCUT2D eigenvalue weighted by Gasteiger charge is -2.27. The highest BCUT2D eigenvalue weighted by atomic mass is 16.2. The van der Waals surface area contributed by atoms with Gasteiger partial charge in [0, 0.05) is 13.5 Å². The average Bonchev–Trinajstić information content (AvgIpc) is 2.32. The molecule has 1 aliphatic rings. The normalized spacial score (nSPS) is 23.7. The molecule has 1 atom stereocenters. The van der Waals surface area contributed by atoms with Crippen molar-refractivity contribution in [3.63, 3.8) is 0 Å². The number of benzene rings is 1. The van der Waals surface area contributed by atoms with E-state index in [-0.39, 0.29) is 11.9 Å². The second kappa shape index (κ2) is 4.97. The Morgan fingerprint density at radius 1 is 1.25 bits per heavy atom. The Morgan fingerprint density at radius 3 is 2.75 bits per heavy atom. The molecule has 1 heterocycles. The number of carbonyl (C=O) groups excluding carboxylic acids is 1. The lowest BCUT2D eigenvalue weighted by Crippen LogP contribution is -2.30. The first kappa shape index (κ1) is 10.9. The third-order valence-electron chi connectivity index (χ3n) is 3.03. The van der Waals surface area contributed by atoms with Crippen LogP contribution in [0.5, 0.6) is 0 Å². The van der Waals surface area contributed by atoms with E-state index in [0.29, 0.717) is 6.42 Å². The first-order valence-corrected chi connectivity index (χ1v) is 5.76. The molecule has 1 amide bonds. The van der Waals surface area contributed by atoms with Crippen molar-refractivity contribution in [2.24, 2.45) is 0 Å². The van der Waals surface area contributed by atoms with Gasteiger partial charge in [0.25, 0.3) is 0 Å². The summed E-state index contributed by atoms with van der Waals surface area (Å²) in [5.41, 5.74) is 1.18. The van der Waals surface area contributed by atoms with E-state index in [1.165, 1.54) is 5.56 Å². The Balaban J connectivity index is 2.29. The van der Waals surface area contributed by atoms with Gasteiger partial charge in [-0.15, -0.1) is 0 Å². The van der Waals surface area contributed by atoms with Crippen molar-refractivity contribution in [3.05, 3.63) is 48.0 Å². The van der Waals surface area contributed by atoms with E-state index >= 15 is 0 Å². The fourth-order valence-electron chi connectivity index (χ4n) is 2.04. The zero-order chi connectivity index (χ0) is 11.4. The summed E-state index contributed by atoms with van der Waals surface area (Å²) in [6, 6.07) is 10.3. The molecule has 16 heavy (non-hydrogen) atoms. The highest BCUT2D eigenvalue weighted by molar-refractivity contribution is 5.76. The summed E-state index contributed by atoms with van der Waals surface area (Å²) in [6.07, 6.45) is 6.93. The molecule has 0 N–H and O–H groups in total. The van der Waals surface area contributed by atoms with Crippen LogP contribution in [0.3, 0.4) is 0 Å². The quantitative estimate of drug-likeness (QED) is 0.660. The summed E-state index contributed by atoms with van der Waals surface area (Å²) < 4.78 is 0. The minimum atomic E-state index is 0.0917. The Kier molecular flexibility index (Phi) is 3.40. The van der Waals surface area contributed by atoms with Crippen LogP contribution in [0.4, 0.5) is 0 Å². The summed E-state index contributed by atoms with van der Waals surface area (Å²) in [6.45, 7) is 0. The molecule has 84 valence electrons. The van der Waals surface area contributed by atoms with Crippen LogP contribution in [0, 0.1) is 0 Å². The van der Waals surface area contributed by atoms with Gasteiger partial charge in [0.1, 0.15) is 0 Å². The van der Waals surface area contributed by atoms with Gasteiger partial charge in [0.15, 0.2) is 0 Å². The summed E-state index contributed by atoms with van der Waals surface area (Å²) in [5.74, 6) is 0.234. The van der Waals surface area contributed by atoms with Gasteiger partial charge in [-0.05, 0) is 18.4 Å². The minimum Gasteiger partial charge on any atom is -0.335 e. The maximum absolute atomic E-state index is 11.8. The van der Waals surface area contributed by atoms with Crippen molar-refractivity contribution in [1.29, 1.82) is 0 Å². The zero-order valence-corrected chi connectivity index (χ0v) is 9.60. The molecule has 0 saturated carbocycles. The standard InChI is InChI=1S/C14H17NO/c1-15-13(12-8-4-2-5-9-12)10-6-3-7-11-14(15)16/h2,4-6,8-10,13H,3,7,11H2,1H3/b10-6-/t13-/m0/s1. The lowest BCUT2D eigenvalue weighted by molar-refractivity contribution is -0.131. The van der Waals surface area contributed by atoms with Crippen LogP contribution in [-0.4, -0.2) is 17.9 Å². The van der Waals surface area contributed by atoms with Crippen molar-refractivity contribution in [2.75, 3.05) is 7.05 Å². The number of nitrogens with zero attached hydrogens (tertiary/aromatic N) is 1. The van der Waals surface area contributed by atoms with Crippen LogP contribution < -0.4 is 0 Å². The predicted molar refractivity (Wildman–Crippen MR) is 64.9 cm³/mol. The van der Waals surface area contributed by atoms with Crippen LogP contribution in [0.15, 0.2) is 42.5 Å². The summed E-state index contributed by atoms with van der Waals surface area (Å²) in [7, 11) is 1.88. The third-order valence-corrected chi connectivity index (χ3v) is 3.03. The molecule has 1 aliphatic heterocycles. The van der Waals surface area contributed by atoms with Crippen molar-refractivity contribution in [2.45, 2.75) is 25.3 Å². The first-order valence-electron chi connectivity index (χ1n) is 5.76. The maximum atomic E-state index is 11.8. The highest BCUT2D eigenvalue weighted by Crippen LogP contribution is 2.23. The molecule has 2 rings (SSSR count). The molecule has 1 aromatic carbocycles. The number of likely N-dealkylation sites (N-methyl/N-ethyl adjacent to an activating group) is 1. The number of rotatable bonds is 1. The minimum absolute atomic E-state index is 0.0917. The Labute approximate surface area is 96.6 Å². The molecular formula is C14H17NO. The van der Waals surface area contributed by atoms with E-state index in [2.05, 4.69) is 24.3 Å². The highest BCUT2D eigenvalue weighted by Gasteiger charge is 2.19. The molecule has 1 aromatic rings. The zero-order valence-electron chi connectivity index (χ0n) is 9.60. The second-order valence-electron chi connectivity index (χ2n) is 4.18. The SMILES string of the molecule is CN1C(=O)CCC/C=C\[C@H]1c1ccccc1.